The average molecular weight is 273 g/mol. The van der Waals surface area contributed by atoms with Gasteiger partial charge in [-0.15, -0.1) is 11.6 Å². The molecule has 0 aliphatic rings. The van der Waals surface area contributed by atoms with Gasteiger partial charge >= 0.3 is 5.97 Å². The SMILES string of the molecule is CC(=O)C(Cl)c1ccc(C(O)C(=O)O)cc1CO. The fourth-order valence-corrected chi connectivity index (χ4v) is 1.75. The van der Waals surface area contributed by atoms with Crippen molar-refractivity contribution in [1.82, 2.24) is 0 Å². The zero-order valence-corrected chi connectivity index (χ0v) is 10.4. The van der Waals surface area contributed by atoms with Crippen molar-refractivity contribution in [2.24, 2.45) is 0 Å². The number of ketones is 1. The van der Waals surface area contributed by atoms with Crippen LogP contribution in [0.1, 0.15) is 35.1 Å². The second-order valence-corrected chi connectivity index (χ2v) is 4.27. The molecular formula is C12H13ClO5. The second kappa shape index (κ2) is 5.95. The zero-order chi connectivity index (χ0) is 13.9. The summed E-state index contributed by atoms with van der Waals surface area (Å²) in [5, 5.41) is 26.3. The number of aliphatic carboxylic acids is 1. The molecule has 0 radical (unpaired) electrons. The lowest BCUT2D eigenvalue weighted by atomic mass is 9.98. The molecule has 0 aliphatic carbocycles. The van der Waals surface area contributed by atoms with E-state index in [0.717, 1.165) is 0 Å². The molecule has 0 amide bonds. The van der Waals surface area contributed by atoms with Crippen molar-refractivity contribution in [3.63, 3.8) is 0 Å². The third-order valence-electron chi connectivity index (χ3n) is 2.52. The summed E-state index contributed by atoms with van der Waals surface area (Å²) in [6.07, 6.45) is -1.67. The third-order valence-corrected chi connectivity index (χ3v) is 3.06. The quantitative estimate of drug-likeness (QED) is 0.699. The molecule has 1 rings (SSSR count). The van der Waals surface area contributed by atoms with Gasteiger partial charge in [0, 0.05) is 0 Å². The van der Waals surface area contributed by atoms with E-state index in [-0.39, 0.29) is 11.3 Å². The van der Waals surface area contributed by atoms with Gasteiger partial charge in [-0.3, -0.25) is 4.79 Å². The van der Waals surface area contributed by atoms with Gasteiger partial charge < -0.3 is 15.3 Å². The molecule has 0 bridgehead atoms. The molecule has 18 heavy (non-hydrogen) atoms. The molecule has 0 saturated carbocycles. The monoisotopic (exact) mass is 272 g/mol. The second-order valence-electron chi connectivity index (χ2n) is 3.83. The Morgan fingerprint density at radius 2 is 2.00 bits per heavy atom. The standard InChI is InChI=1S/C12H13ClO5/c1-6(15)10(13)9-3-2-7(4-8(9)5-14)11(16)12(17)18/h2-4,10-11,14,16H,5H2,1H3,(H,17,18). The summed E-state index contributed by atoms with van der Waals surface area (Å²) >= 11 is 5.88. The third kappa shape index (κ3) is 3.07. The number of carbonyl (C=O) groups is 2. The summed E-state index contributed by atoms with van der Waals surface area (Å²) in [4.78, 5) is 21.8. The van der Waals surface area contributed by atoms with Gasteiger partial charge in [0.25, 0.3) is 0 Å². The molecule has 0 heterocycles. The van der Waals surface area contributed by atoms with E-state index in [1.807, 2.05) is 0 Å². The van der Waals surface area contributed by atoms with Crippen LogP contribution in [0.5, 0.6) is 0 Å². The minimum Gasteiger partial charge on any atom is -0.479 e. The molecule has 1 aromatic carbocycles. The van der Waals surface area contributed by atoms with Crippen molar-refractivity contribution in [2.75, 3.05) is 0 Å². The Hall–Kier alpha value is -1.43. The molecule has 3 N–H and O–H groups in total. The van der Waals surface area contributed by atoms with Crippen LogP contribution in [-0.4, -0.2) is 27.1 Å². The Labute approximate surface area is 109 Å². The van der Waals surface area contributed by atoms with Gasteiger partial charge in [0.05, 0.1) is 6.61 Å². The van der Waals surface area contributed by atoms with Crippen molar-refractivity contribution in [2.45, 2.75) is 25.0 Å². The summed E-state index contributed by atoms with van der Waals surface area (Å²) in [5.41, 5.74) is 0.860. The molecule has 0 spiro atoms. The number of aliphatic hydroxyl groups is 2. The van der Waals surface area contributed by atoms with Crippen molar-refractivity contribution in [1.29, 1.82) is 0 Å². The number of Topliss-reactive ketones (excluding diaryl/α,β-unsaturated/α-hetero) is 1. The normalized spacial score (nSPS) is 14.0. The summed E-state index contributed by atoms with van der Waals surface area (Å²) in [6.45, 7) is 0.921. The smallest absolute Gasteiger partial charge is 0.337 e. The van der Waals surface area contributed by atoms with Gasteiger partial charge in [-0.25, -0.2) is 4.79 Å². The van der Waals surface area contributed by atoms with Crippen LogP contribution in [0.4, 0.5) is 0 Å². The lowest BCUT2D eigenvalue weighted by Gasteiger charge is -2.14. The number of carboxylic acids is 1. The minimum absolute atomic E-state index is 0.128. The maximum atomic E-state index is 11.2. The molecule has 98 valence electrons. The van der Waals surface area contributed by atoms with E-state index < -0.39 is 24.1 Å². The van der Waals surface area contributed by atoms with Crippen LogP contribution in [0, 0.1) is 0 Å². The summed E-state index contributed by atoms with van der Waals surface area (Å²) < 4.78 is 0. The predicted octanol–water partition coefficient (Wildman–Crippen LogP) is 1.17. The molecule has 2 atom stereocenters. The summed E-state index contributed by atoms with van der Waals surface area (Å²) in [5.74, 6) is -1.67. The topological polar surface area (TPSA) is 94.8 Å². The molecular weight excluding hydrogens is 260 g/mol. The van der Waals surface area contributed by atoms with Gasteiger partial charge in [-0.05, 0) is 29.7 Å². The van der Waals surface area contributed by atoms with E-state index >= 15 is 0 Å². The Kier molecular flexibility index (Phi) is 4.84. The molecule has 1 aromatic rings. The number of rotatable bonds is 5. The lowest BCUT2D eigenvalue weighted by Crippen LogP contribution is -2.12. The maximum Gasteiger partial charge on any atom is 0.337 e. The van der Waals surface area contributed by atoms with Crippen LogP contribution >= 0.6 is 11.6 Å². The van der Waals surface area contributed by atoms with Crippen LogP contribution < -0.4 is 0 Å². The highest BCUT2D eigenvalue weighted by molar-refractivity contribution is 6.30. The molecule has 5 nitrogen and oxygen atoms in total. The van der Waals surface area contributed by atoms with Gasteiger partial charge in [-0.2, -0.15) is 0 Å². The number of hydrogen-bond acceptors (Lipinski definition) is 4. The number of alkyl halides is 1. The van der Waals surface area contributed by atoms with E-state index in [4.69, 9.17) is 16.7 Å². The first-order chi connectivity index (χ1) is 8.38. The van der Waals surface area contributed by atoms with Crippen molar-refractivity contribution in [3.8, 4) is 0 Å². The van der Waals surface area contributed by atoms with E-state index in [1.165, 1.54) is 25.1 Å². The largest absolute Gasteiger partial charge is 0.479 e. The highest BCUT2D eigenvalue weighted by Gasteiger charge is 2.21. The number of aliphatic hydroxyl groups excluding tert-OH is 2. The summed E-state index contributed by atoms with van der Waals surface area (Å²) in [6, 6.07) is 4.13. The average Bonchev–Trinajstić information content (AvgIpc) is 2.35. The zero-order valence-electron chi connectivity index (χ0n) is 9.63. The molecule has 0 fully saturated rings. The van der Waals surface area contributed by atoms with Crippen molar-refractivity contribution >= 4 is 23.4 Å². The van der Waals surface area contributed by atoms with Crippen molar-refractivity contribution in [3.05, 3.63) is 34.9 Å². The van der Waals surface area contributed by atoms with Crippen LogP contribution in [0.15, 0.2) is 18.2 Å². The van der Waals surface area contributed by atoms with Gasteiger partial charge in [0.2, 0.25) is 0 Å². The first kappa shape index (κ1) is 14.6. The number of hydrogen-bond donors (Lipinski definition) is 3. The van der Waals surface area contributed by atoms with Crippen LogP contribution in [-0.2, 0) is 16.2 Å². The molecule has 6 heteroatoms. The van der Waals surface area contributed by atoms with Crippen LogP contribution in [0.3, 0.4) is 0 Å². The highest BCUT2D eigenvalue weighted by atomic mass is 35.5. The molecule has 0 aromatic heterocycles. The number of halogens is 1. The maximum absolute atomic E-state index is 11.2. The predicted molar refractivity (Wildman–Crippen MR) is 64.2 cm³/mol. The molecule has 0 saturated heterocycles. The van der Waals surface area contributed by atoms with Crippen molar-refractivity contribution < 1.29 is 24.9 Å². The van der Waals surface area contributed by atoms with E-state index in [0.29, 0.717) is 11.1 Å². The van der Waals surface area contributed by atoms with Gasteiger partial charge in [0.1, 0.15) is 5.38 Å². The number of carbonyl (C=O) groups excluding carboxylic acids is 1. The van der Waals surface area contributed by atoms with E-state index in [9.17, 15) is 19.8 Å². The Bertz CT molecular complexity index is 472. The first-order valence-corrected chi connectivity index (χ1v) is 5.61. The van der Waals surface area contributed by atoms with Crippen LogP contribution in [0.25, 0.3) is 0 Å². The Balaban J connectivity index is 3.19. The summed E-state index contributed by atoms with van der Waals surface area (Å²) in [7, 11) is 0. The van der Waals surface area contributed by atoms with E-state index in [2.05, 4.69) is 0 Å². The minimum atomic E-state index is -1.67. The first-order valence-electron chi connectivity index (χ1n) is 5.17. The number of carboxylic acid groups (broad SMARTS) is 1. The van der Waals surface area contributed by atoms with E-state index in [1.54, 1.807) is 0 Å². The Morgan fingerprint density at radius 3 is 2.44 bits per heavy atom. The fourth-order valence-electron chi connectivity index (χ4n) is 1.54. The Morgan fingerprint density at radius 1 is 1.39 bits per heavy atom. The lowest BCUT2D eigenvalue weighted by molar-refractivity contribution is -0.147. The van der Waals surface area contributed by atoms with Gasteiger partial charge in [-0.1, -0.05) is 12.1 Å². The number of benzene rings is 1. The molecule has 0 aliphatic heterocycles. The van der Waals surface area contributed by atoms with Gasteiger partial charge in [0.15, 0.2) is 11.9 Å². The van der Waals surface area contributed by atoms with Crippen LogP contribution in [0.2, 0.25) is 0 Å². The molecule has 2 unspecified atom stereocenters. The fraction of sp³-hybridized carbons (Fsp3) is 0.333. The highest BCUT2D eigenvalue weighted by Crippen LogP contribution is 2.27.